The van der Waals surface area contributed by atoms with Crippen LogP contribution in [0, 0.1) is 11.3 Å². The molecule has 1 heterocycles. The lowest BCUT2D eigenvalue weighted by Gasteiger charge is -2.29. The number of benzene rings is 1. The van der Waals surface area contributed by atoms with Gasteiger partial charge in [0, 0.05) is 18.8 Å². The highest BCUT2D eigenvalue weighted by atomic mass is 35.5. The first-order chi connectivity index (χ1) is 11.8. The van der Waals surface area contributed by atoms with Gasteiger partial charge in [0.25, 0.3) is 5.91 Å². The molecular formula is C18H25ClN4O2. The third-order valence-electron chi connectivity index (χ3n) is 3.99. The number of ether oxygens (including phenoxy) is 1. The maximum absolute atomic E-state index is 12.2. The van der Waals surface area contributed by atoms with E-state index < -0.39 is 5.91 Å². The molecule has 1 aliphatic rings. The number of carbonyl (C=O) groups excluding carboxylic acids is 1. The number of nitrogens with one attached hydrogen (secondary N) is 3. The van der Waals surface area contributed by atoms with Crippen LogP contribution in [0.15, 0.2) is 35.0 Å². The number of morpholine rings is 1. The van der Waals surface area contributed by atoms with Gasteiger partial charge < -0.3 is 26.5 Å². The van der Waals surface area contributed by atoms with E-state index in [2.05, 4.69) is 10.6 Å². The summed E-state index contributed by atoms with van der Waals surface area (Å²) in [5, 5.41) is 13.8. The summed E-state index contributed by atoms with van der Waals surface area (Å²) in [6, 6.07) is 7.42. The summed E-state index contributed by atoms with van der Waals surface area (Å²) >= 11 is 6.02. The van der Waals surface area contributed by atoms with Crippen LogP contribution in [0.1, 0.15) is 32.4 Å². The van der Waals surface area contributed by atoms with Crippen molar-refractivity contribution in [2.75, 3.05) is 18.4 Å². The molecular weight excluding hydrogens is 340 g/mol. The van der Waals surface area contributed by atoms with Crippen molar-refractivity contribution >= 4 is 28.9 Å². The fourth-order valence-electron chi connectivity index (χ4n) is 2.47. The average Bonchev–Trinajstić information content (AvgIpc) is 2.60. The van der Waals surface area contributed by atoms with Crippen molar-refractivity contribution in [3.63, 3.8) is 0 Å². The van der Waals surface area contributed by atoms with Crippen molar-refractivity contribution in [3.05, 3.63) is 40.6 Å². The van der Waals surface area contributed by atoms with E-state index in [4.69, 9.17) is 27.5 Å². The van der Waals surface area contributed by atoms with Crippen molar-refractivity contribution in [2.24, 2.45) is 11.7 Å². The third kappa shape index (κ3) is 5.04. The van der Waals surface area contributed by atoms with Gasteiger partial charge in [0.1, 0.15) is 5.70 Å². The highest BCUT2D eigenvalue weighted by molar-refractivity contribution is 6.45. The van der Waals surface area contributed by atoms with Crippen LogP contribution in [0.25, 0.3) is 0 Å². The minimum absolute atomic E-state index is 0.000532. The number of hydrogen-bond donors (Lipinski definition) is 4. The Morgan fingerprint density at radius 3 is 2.56 bits per heavy atom. The van der Waals surface area contributed by atoms with Crippen LogP contribution < -0.4 is 16.4 Å². The maximum atomic E-state index is 12.2. The molecule has 136 valence electrons. The number of hydrogen-bond acceptors (Lipinski definition) is 5. The summed E-state index contributed by atoms with van der Waals surface area (Å²) in [7, 11) is 0. The molecule has 1 saturated heterocycles. The SMILES string of the molecule is CC(C)C(=N)/C(Cl)=C(\N)C(=O)Nc1ccc([C@H]2CNC[C@@H](C)O2)cc1. The second-order valence-corrected chi connectivity index (χ2v) is 6.84. The van der Waals surface area contributed by atoms with Gasteiger partial charge in [0.15, 0.2) is 0 Å². The van der Waals surface area contributed by atoms with E-state index >= 15 is 0 Å². The number of allylic oxidation sites excluding steroid dienone is 1. The van der Waals surface area contributed by atoms with Crippen LogP contribution in [0.4, 0.5) is 5.69 Å². The van der Waals surface area contributed by atoms with Crippen molar-refractivity contribution < 1.29 is 9.53 Å². The fraction of sp³-hybridized carbons (Fsp3) is 0.444. The Balaban J connectivity index is 2.04. The number of halogens is 1. The molecule has 2 rings (SSSR count). The average molecular weight is 365 g/mol. The minimum Gasteiger partial charge on any atom is -0.393 e. The zero-order valence-electron chi connectivity index (χ0n) is 14.7. The lowest BCUT2D eigenvalue weighted by molar-refractivity contribution is -0.112. The molecule has 0 unspecified atom stereocenters. The molecule has 1 aliphatic heterocycles. The van der Waals surface area contributed by atoms with E-state index in [1.807, 2.05) is 32.9 Å². The van der Waals surface area contributed by atoms with Gasteiger partial charge >= 0.3 is 0 Å². The smallest absolute Gasteiger partial charge is 0.273 e. The number of carbonyl (C=O) groups is 1. The summed E-state index contributed by atoms with van der Waals surface area (Å²) in [6.45, 7) is 7.28. The Morgan fingerprint density at radius 1 is 1.36 bits per heavy atom. The summed E-state index contributed by atoms with van der Waals surface area (Å²) in [6.07, 6.45) is 0.168. The Labute approximate surface area is 153 Å². The summed E-state index contributed by atoms with van der Waals surface area (Å²) in [4.78, 5) is 12.2. The first kappa shape index (κ1) is 19.4. The topological polar surface area (TPSA) is 100 Å². The van der Waals surface area contributed by atoms with E-state index in [0.29, 0.717) is 5.69 Å². The molecule has 1 amide bonds. The molecule has 0 saturated carbocycles. The quantitative estimate of drug-likeness (QED) is 0.476. The number of rotatable bonds is 5. The molecule has 6 nitrogen and oxygen atoms in total. The van der Waals surface area contributed by atoms with Crippen LogP contribution in [-0.4, -0.2) is 30.8 Å². The zero-order chi connectivity index (χ0) is 18.6. The largest absolute Gasteiger partial charge is 0.393 e. The van der Waals surface area contributed by atoms with Crippen LogP contribution >= 0.6 is 11.6 Å². The van der Waals surface area contributed by atoms with Gasteiger partial charge in [-0.2, -0.15) is 0 Å². The number of amides is 1. The normalized spacial score (nSPS) is 21.6. The maximum Gasteiger partial charge on any atom is 0.273 e. The first-order valence-corrected chi connectivity index (χ1v) is 8.69. The van der Waals surface area contributed by atoms with Crippen molar-refractivity contribution in [1.29, 1.82) is 5.41 Å². The summed E-state index contributed by atoms with van der Waals surface area (Å²) in [5.74, 6) is -0.628. The monoisotopic (exact) mass is 364 g/mol. The molecule has 5 N–H and O–H groups in total. The van der Waals surface area contributed by atoms with E-state index in [9.17, 15) is 4.79 Å². The Bertz CT molecular complexity index is 670. The lowest BCUT2D eigenvalue weighted by Crippen LogP contribution is -2.38. The second-order valence-electron chi connectivity index (χ2n) is 6.47. The summed E-state index contributed by atoms with van der Waals surface area (Å²) in [5.41, 5.74) is 7.41. The highest BCUT2D eigenvalue weighted by Gasteiger charge is 2.20. The van der Waals surface area contributed by atoms with E-state index in [-0.39, 0.29) is 34.6 Å². The van der Waals surface area contributed by atoms with Gasteiger partial charge in [-0.15, -0.1) is 0 Å². The molecule has 0 aliphatic carbocycles. The van der Waals surface area contributed by atoms with Crippen molar-refractivity contribution in [2.45, 2.75) is 33.0 Å². The molecule has 0 aromatic heterocycles. The van der Waals surface area contributed by atoms with Crippen LogP contribution in [-0.2, 0) is 9.53 Å². The van der Waals surface area contributed by atoms with Crippen LogP contribution in [0.3, 0.4) is 0 Å². The van der Waals surface area contributed by atoms with Gasteiger partial charge in [-0.25, -0.2) is 0 Å². The van der Waals surface area contributed by atoms with E-state index in [1.165, 1.54) is 0 Å². The summed E-state index contributed by atoms with van der Waals surface area (Å²) < 4.78 is 5.89. The Kier molecular flexibility index (Phi) is 6.58. The molecule has 7 heteroatoms. The predicted octanol–water partition coefficient (Wildman–Crippen LogP) is 2.76. The third-order valence-corrected chi connectivity index (χ3v) is 4.40. The predicted molar refractivity (Wildman–Crippen MR) is 101 cm³/mol. The zero-order valence-corrected chi connectivity index (χ0v) is 15.5. The Hall–Kier alpha value is -1.89. The van der Waals surface area contributed by atoms with Crippen LogP contribution in [0.5, 0.6) is 0 Å². The molecule has 2 atom stereocenters. The van der Waals surface area contributed by atoms with Gasteiger partial charge in [0.05, 0.1) is 23.0 Å². The van der Waals surface area contributed by atoms with E-state index in [1.54, 1.807) is 12.1 Å². The fourth-order valence-corrected chi connectivity index (χ4v) is 2.77. The van der Waals surface area contributed by atoms with Gasteiger partial charge in [-0.05, 0) is 30.5 Å². The molecule has 1 aromatic rings. The standard InChI is InChI=1S/C18H25ClN4O2/c1-10(2)16(20)15(19)17(21)18(24)23-13-6-4-12(5-7-13)14-9-22-8-11(3)25-14/h4-7,10-11,14,20,22H,8-9,21H2,1-3H3,(H,23,24)/b17-15+,20-16?/t11-,14-/m1/s1. The lowest BCUT2D eigenvalue weighted by atomic mass is 10.1. The van der Waals surface area contributed by atoms with Gasteiger partial charge in [0.2, 0.25) is 0 Å². The molecule has 1 fully saturated rings. The Morgan fingerprint density at radius 2 is 2.00 bits per heavy atom. The van der Waals surface area contributed by atoms with Crippen molar-refractivity contribution in [3.8, 4) is 0 Å². The molecule has 1 aromatic carbocycles. The van der Waals surface area contributed by atoms with E-state index in [0.717, 1.165) is 18.7 Å². The second kappa shape index (κ2) is 8.47. The first-order valence-electron chi connectivity index (χ1n) is 8.31. The van der Waals surface area contributed by atoms with Crippen LogP contribution in [0.2, 0.25) is 0 Å². The van der Waals surface area contributed by atoms with Crippen molar-refractivity contribution in [1.82, 2.24) is 5.32 Å². The molecule has 0 radical (unpaired) electrons. The molecule has 25 heavy (non-hydrogen) atoms. The number of anilines is 1. The van der Waals surface area contributed by atoms with Gasteiger partial charge in [-0.3, -0.25) is 4.79 Å². The minimum atomic E-state index is -0.521. The molecule has 0 spiro atoms. The van der Waals surface area contributed by atoms with Gasteiger partial charge in [-0.1, -0.05) is 37.6 Å². The molecule has 0 bridgehead atoms. The highest BCUT2D eigenvalue weighted by Crippen LogP contribution is 2.23. The number of nitrogens with two attached hydrogens (primary N) is 1.